The van der Waals surface area contributed by atoms with Gasteiger partial charge in [-0.25, -0.2) is 4.98 Å². The molecular weight excluding hydrogens is 457 g/mol. The van der Waals surface area contributed by atoms with E-state index in [1.165, 1.54) is 0 Å². The number of Topliss-reactive ketones (excluding diaryl/α,β-unsaturated/α-hetero) is 1. The van der Waals surface area contributed by atoms with Gasteiger partial charge in [0.1, 0.15) is 11.9 Å². The van der Waals surface area contributed by atoms with E-state index in [4.69, 9.17) is 37.9 Å². The van der Waals surface area contributed by atoms with Gasteiger partial charge >= 0.3 is 0 Å². The molecule has 0 aliphatic carbocycles. The number of hydrogen-bond donors (Lipinski definition) is 0. The summed E-state index contributed by atoms with van der Waals surface area (Å²) in [6.45, 7) is 3.04. The Bertz CT molecular complexity index is 1200. The Morgan fingerprint density at radius 3 is 2.61 bits per heavy atom. The van der Waals surface area contributed by atoms with Gasteiger partial charge in [0.05, 0.1) is 18.9 Å². The van der Waals surface area contributed by atoms with Crippen molar-refractivity contribution < 1.29 is 9.53 Å². The standard InChI is InChI=1S/C26H23Cl2N3O2/c27-20-7-5-17-14-24(32)23(13-18-3-1-2-4-22(18)28)30-26(21(17)15-20)19-6-8-25(29-16-19)31-9-11-33-12-10-31/h1-8,15-16,23H,9-14H2. The highest BCUT2D eigenvalue weighted by Crippen LogP contribution is 2.27. The van der Waals surface area contributed by atoms with Gasteiger partial charge < -0.3 is 9.64 Å². The van der Waals surface area contributed by atoms with Crippen LogP contribution in [-0.4, -0.2) is 48.8 Å². The van der Waals surface area contributed by atoms with E-state index in [1.54, 1.807) is 0 Å². The number of hydrogen-bond acceptors (Lipinski definition) is 5. The number of anilines is 1. The lowest BCUT2D eigenvalue weighted by Crippen LogP contribution is -2.36. The van der Waals surface area contributed by atoms with Crippen molar-refractivity contribution >= 4 is 40.5 Å². The zero-order chi connectivity index (χ0) is 22.8. The lowest BCUT2D eigenvalue weighted by Gasteiger charge is -2.27. The largest absolute Gasteiger partial charge is 0.378 e. The maximum absolute atomic E-state index is 13.2. The molecule has 0 radical (unpaired) electrons. The minimum atomic E-state index is -0.537. The number of rotatable bonds is 4. The second kappa shape index (κ2) is 9.64. The summed E-state index contributed by atoms with van der Waals surface area (Å²) >= 11 is 12.7. The molecule has 0 amide bonds. The number of carbonyl (C=O) groups is 1. The molecule has 3 aromatic rings. The van der Waals surface area contributed by atoms with Crippen LogP contribution in [0.1, 0.15) is 22.3 Å². The first-order chi connectivity index (χ1) is 16.1. The zero-order valence-corrected chi connectivity index (χ0v) is 19.5. The summed E-state index contributed by atoms with van der Waals surface area (Å²) in [7, 11) is 0. The van der Waals surface area contributed by atoms with Gasteiger partial charge in [-0.1, -0.05) is 47.5 Å². The first kappa shape index (κ1) is 22.1. The number of aliphatic imine (C=N–C) groups is 1. The van der Waals surface area contributed by atoms with Crippen LogP contribution in [-0.2, 0) is 22.4 Å². The zero-order valence-electron chi connectivity index (χ0n) is 18.0. The van der Waals surface area contributed by atoms with E-state index in [9.17, 15) is 4.79 Å². The van der Waals surface area contributed by atoms with Gasteiger partial charge in [-0.15, -0.1) is 0 Å². The topological polar surface area (TPSA) is 54.8 Å². The third-order valence-corrected chi connectivity index (χ3v) is 6.68. The monoisotopic (exact) mass is 479 g/mol. The number of nitrogens with zero attached hydrogens (tertiary/aromatic N) is 3. The predicted molar refractivity (Wildman–Crippen MR) is 132 cm³/mol. The molecule has 33 heavy (non-hydrogen) atoms. The van der Waals surface area contributed by atoms with E-state index in [1.807, 2.05) is 60.8 Å². The fourth-order valence-corrected chi connectivity index (χ4v) is 4.68. The van der Waals surface area contributed by atoms with E-state index < -0.39 is 6.04 Å². The van der Waals surface area contributed by atoms with E-state index in [0.717, 1.165) is 46.9 Å². The molecule has 5 nitrogen and oxygen atoms in total. The molecule has 2 aromatic carbocycles. The van der Waals surface area contributed by atoms with Gasteiger partial charge in [0.2, 0.25) is 0 Å². The van der Waals surface area contributed by atoms with Crippen LogP contribution in [0.25, 0.3) is 0 Å². The Morgan fingerprint density at radius 1 is 1.03 bits per heavy atom. The third kappa shape index (κ3) is 4.81. The van der Waals surface area contributed by atoms with Crippen LogP contribution in [0.15, 0.2) is 65.8 Å². The normalized spacial score (nSPS) is 18.5. The number of ether oxygens (including phenoxy) is 1. The second-order valence-electron chi connectivity index (χ2n) is 8.24. The quantitative estimate of drug-likeness (QED) is 0.539. The van der Waals surface area contributed by atoms with Gasteiger partial charge in [-0.2, -0.15) is 0 Å². The molecule has 7 heteroatoms. The Kier molecular flexibility index (Phi) is 6.45. The number of benzene rings is 2. The number of carbonyl (C=O) groups excluding carboxylic acids is 1. The maximum atomic E-state index is 13.2. The molecule has 1 atom stereocenters. The van der Waals surface area contributed by atoms with Crippen LogP contribution in [0.2, 0.25) is 10.0 Å². The minimum Gasteiger partial charge on any atom is -0.378 e. The van der Waals surface area contributed by atoms with E-state index in [-0.39, 0.29) is 5.78 Å². The lowest BCUT2D eigenvalue weighted by molar-refractivity contribution is -0.119. The number of morpholine rings is 1. The summed E-state index contributed by atoms with van der Waals surface area (Å²) in [5, 5.41) is 1.25. The van der Waals surface area contributed by atoms with Crippen LogP contribution >= 0.6 is 23.2 Å². The van der Waals surface area contributed by atoms with Crippen molar-refractivity contribution in [2.45, 2.75) is 18.9 Å². The van der Waals surface area contributed by atoms with E-state index >= 15 is 0 Å². The SMILES string of the molecule is O=C1Cc2ccc(Cl)cc2C(c2ccc(N3CCOCC3)nc2)=NC1Cc1ccccc1Cl. The summed E-state index contributed by atoms with van der Waals surface area (Å²) in [6.07, 6.45) is 2.58. The highest BCUT2D eigenvalue weighted by Gasteiger charge is 2.27. The summed E-state index contributed by atoms with van der Waals surface area (Å²) in [4.78, 5) is 25.1. The Morgan fingerprint density at radius 2 is 1.85 bits per heavy atom. The maximum Gasteiger partial charge on any atom is 0.162 e. The van der Waals surface area contributed by atoms with Crippen LogP contribution in [0.5, 0.6) is 0 Å². The smallest absolute Gasteiger partial charge is 0.162 e. The second-order valence-corrected chi connectivity index (χ2v) is 9.08. The van der Waals surface area contributed by atoms with Crippen molar-refractivity contribution in [3.63, 3.8) is 0 Å². The molecule has 1 unspecified atom stereocenters. The van der Waals surface area contributed by atoms with Gasteiger partial charge in [-0.3, -0.25) is 9.79 Å². The average molecular weight is 480 g/mol. The van der Waals surface area contributed by atoms with Crippen molar-refractivity contribution in [3.05, 3.63) is 93.1 Å². The fraction of sp³-hybridized carbons (Fsp3) is 0.269. The highest BCUT2D eigenvalue weighted by molar-refractivity contribution is 6.32. The molecule has 5 rings (SSSR count). The number of pyridine rings is 1. The molecule has 0 N–H and O–H groups in total. The molecule has 1 fully saturated rings. The molecule has 1 aromatic heterocycles. The van der Waals surface area contributed by atoms with Crippen LogP contribution in [0.3, 0.4) is 0 Å². The van der Waals surface area contributed by atoms with Gasteiger partial charge in [0.25, 0.3) is 0 Å². The number of fused-ring (bicyclic) bond motifs is 1. The van der Waals surface area contributed by atoms with Crippen molar-refractivity contribution in [1.29, 1.82) is 0 Å². The Labute approximate surface area is 203 Å². The van der Waals surface area contributed by atoms with Crippen molar-refractivity contribution in [2.75, 3.05) is 31.2 Å². The first-order valence-corrected chi connectivity index (χ1v) is 11.8. The summed E-state index contributed by atoms with van der Waals surface area (Å²) in [5.41, 5.74) is 4.29. The Balaban J connectivity index is 1.54. The third-order valence-electron chi connectivity index (χ3n) is 6.08. The molecule has 0 spiro atoms. The van der Waals surface area contributed by atoms with Gasteiger partial charge in [-0.05, 0) is 41.5 Å². The van der Waals surface area contributed by atoms with Crippen molar-refractivity contribution in [3.8, 4) is 0 Å². The summed E-state index contributed by atoms with van der Waals surface area (Å²) < 4.78 is 5.44. The van der Waals surface area contributed by atoms with Gasteiger partial charge in [0, 0.05) is 53.3 Å². The molecular formula is C26H23Cl2N3O2. The minimum absolute atomic E-state index is 0.0615. The first-order valence-electron chi connectivity index (χ1n) is 11.0. The van der Waals surface area contributed by atoms with Crippen LogP contribution in [0, 0.1) is 0 Å². The average Bonchev–Trinajstić information content (AvgIpc) is 2.97. The molecule has 168 valence electrons. The molecule has 2 aliphatic rings. The fourth-order valence-electron chi connectivity index (χ4n) is 4.29. The van der Waals surface area contributed by atoms with Crippen molar-refractivity contribution in [2.24, 2.45) is 4.99 Å². The molecule has 0 bridgehead atoms. The molecule has 0 saturated carbocycles. The van der Waals surface area contributed by atoms with Gasteiger partial charge in [0.15, 0.2) is 5.78 Å². The number of ketones is 1. The van der Waals surface area contributed by atoms with Crippen LogP contribution < -0.4 is 4.90 Å². The summed E-state index contributed by atoms with van der Waals surface area (Å²) in [6, 6.07) is 16.7. The lowest BCUT2D eigenvalue weighted by atomic mass is 9.95. The van der Waals surface area contributed by atoms with Crippen molar-refractivity contribution in [1.82, 2.24) is 4.98 Å². The summed E-state index contributed by atoms with van der Waals surface area (Å²) in [5.74, 6) is 0.970. The highest BCUT2D eigenvalue weighted by atomic mass is 35.5. The molecule has 2 aliphatic heterocycles. The molecule has 3 heterocycles. The van der Waals surface area contributed by atoms with E-state index in [0.29, 0.717) is 36.1 Å². The van der Waals surface area contributed by atoms with E-state index in [2.05, 4.69) is 4.90 Å². The van der Waals surface area contributed by atoms with Crippen LogP contribution in [0.4, 0.5) is 5.82 Å². The Hall–Kier alpha value is -2.73. The number of aromatic nitrogens is 1. The predicted octanol–water partition coefficient (Wildman–Crippen LogP) is 4.80. The number of halogens is 2. The molecule has 1 saturated heterocycles.